The summed E-state index contributed by atoms with van der Waals surface area (Å²) < 4.78 is 0. The molecule has 0 fully saturated rings. The highest BCUT2D eigenvalue weighted by Crippen LogP contribution is 2.15. The molecule has 134 valence electrons. The van der Waals surface area contributed by atoms with Gasteiger partial charge >= 0.3 is 6.03 Å². The fraction of sp³-hybridized carbons (Fsp3) is 0.118. The molecule has 9 nitrogen and oxygen atoms in total. The molecule has 0 aliphatic carbocycles. The SMILES string of the molecule is C/C(CC(=O)Nc1ccc([N+](=O)[O-])cc1)=N\NC(=O)Nc1ccccc1. The van der Waals surface area contributed by atoms with Crippen LogP contribution in [0.2, 0.25) is 0 Å². The summed E-state index contributed by atoms with van der Waals surface area (Å²) in [6.07, 6.45) is -0.0391. The van der Waals surface area contributed by atoms with Gasteiger partial charge in [0.15, 0.2) is 0 Å². The monoisotopic (exact) mass is 355 g/mol. The molecule has 0 radical (unpaired) electrons. The number of anilines is 2. The minimum absolute atomic E-state index is 0.0391. The summed E-state index contributed by atoms with van der Waals surface area (Å²) in [5.74, 6) is -0.356. The van der Waals surface area contributed by atoms with Crippen LogP contribution in [-0.2, 0) is 4.79 Å². The van der Waals surface area contributed by atoms with Gasteiger partial charge in [-0.2, -0.15) is 5.10 Å². The Morgan fingerprint density at radius 2 is 1.62 bits per heavy atom. The maximum Gasteiger partial charge on any atom is 0.339 e. The lowest BCUT2D eigenvalue weighted by Gasteiger charge is -2.06. The Hall–Kier alpha value is -3.75. The molecular weight excluding hydrogens is 338 g/mol. The van der Waals surface area contributed by atoms with E-state index in [0.717, 1.165) is 0 Å². The number of nitrogens with one attached hydrogen (secondary N) is 3. The van der Waals surface area contributed by atoms with Gasteiger partial charge in [0.25, 0.3) is 5.69 Å². The summed E-state index contributed by atoms with van der Waals surface area (Å²) in [5.41, 5.74) is 3.69. The molecule has 0 unspecified atom stereocenters. The first-order chi connectivity index (χ1) is 12.4. The number of amides is 3. The standard InChI is InChI=1S/C17H17N5O4/c1-12(20-21-17(24)19-13-5-3-2-4-6-13)11-16(23)18-14-7-9-15(10-8-14)22(25)26/h2-10H,11H2,1H3,(H,18,23)(H2,19,21,24)/b20-12+. The molecule has 2 aromatic rings. The summed E-state index contributed by atoms with van der Waals surface area (Å²) in [6.45, 7) is 1.60. The van der Waals surface area contributed by atoms with Gasteiger partial charge in [-0.05, 0) is 31.2 Å². The third-order valence-electron chi connectivity index (χ3n) is 3.16. The number of nitro groups is 1. The molecule has 0 atom stereocenters. The van der Waals surface area contributed by atoms with Gasteiger partial charge in [0, 0.05) is 29.2 Å². The van der Waals surface area contributed by atoms with E-state index in [1.54, 1.807) is 31.2 Å². The number of para-hydroxylation sites is 1. The Balaban J connectivity index is 1.81. The first kappa shape index (κ1) is 18.6. The molecule has 3 N–H and O–H groups in total. The molecule has 0 aliphatic rings. The van der Waals surface area contributed by atoms with Crippen molar-refractivity contribution in [1.29, 1.82) is 0 Å². The molecule has 0 bridgehead atoms. The van der Waals surface area contributed by atoms with Gasteiger partial charge in [-0.25, -0.2) is 10.2 Å². The van der Waals surface area contributed by atoms with Gasteiger partial charge in [-0.15, -0.1) is 0 Å². The lowest BCUT2D eigenvalue weighted by Crippen LogP contribution is -2.26. The average molecular weight is 355 g/mol. The van der Waals surface area contributed by atoms with Crippen molar-refractivity contribution in [2.45, 2.75) is 13.3 Å². The van der Waals surface area contributed by atoms with Crippen molar-refractivity contribution in [3.63, 3.8) is 0 Å². The van der Waals surface area contributed by atoms with Gasteiger partial charge in [0.2, 0.25) is 5.91 Å². The maximum atomic E-state index is 11.9. The number of hydrogen-bond donors (Lipinski definition) is 3. The van der Waals surface area contributed by atoms with E-state index in [-0.39, 0.29) is 18.0 Å². The highest BCUT2D eigenvalue weighted by atomic mass is 16.6. The number of carbonyl (C=O) groups excluding carboxylic acids is 2. The van der Waals surface area contributed by atoms with Gasteiger partial charge in [0.1, 0.15) is 0 Å². The van der Waals surface area contributed by atoms with Crippen LogP contribution < -0.4 is 16.1 Å². The number of non-ortho nitro benzene ring substituents is 1. The van der Waals surface area contributed by atoms with Crippen LogP contribution >= 0.6 is 0 Å². The van der Waals surface area contributed by atoms with Crippen molar-refractivity contribution in [2.75, 3.05) is 10.6 Å². The van der Waals surface area contributed by atoms with E-state index < -0.39 is 11.0 Å². The summed E-state index contributed by atoms with van der Waals surface area (Å²) in [6, 6.07) is 13.8. The second kappa shape index (κ2) is 8.92. The number of urea groups is 1. The molecule has 0 saturated heterocycles. The van der Waals surface area contributed by atoms with Crippen molar-refractivity contribution in [3.8, 4) is 0 Å². The summed E-state index contributed by atoms with van der Waals surface area (Å²) in [5, 5.41) is 19.6. The largest absolute Gasteiger partial charge is 0.339 e. The second-order valence-corrected chi connectivity index (χ2v) is 5.31. The molecule has 0 aromatic heterocycles. The van der Waals surface area contributed by atoms with Gasteiger partial charge in [-0.1, -0.05) is 18.2 Å². The minimum atomic E-state index is -0.522. The van der Waals surface area contributed by atoms with Crippen molar-refractivity contribution in [3.05, 3.63) is 64.7 Å². The number of benzene rings is 2. The predicted octanol–water partition coefficient (Wildman–Crippen LogP) is 3.12. The maximum absolute atomic E-state index is 11.9. The van der Waals surface area contributed by atoms with E-state index >= 15 is 0 Å². The fourth-order valence-corrected chi connectivity index (χ4v) is 1.97. The van der Waals surface area contributed by atoms with Crippen molar-refractivity contribution >= 4 is 34.7 Å². The van der Waals surface area contributed by atoms with Gasteiger partial charge in [-0.3, -0.25) is 14.9 Å². The molecule has 0 spiro atoms. The van der Waals surface area contributed by atoms with Crippen LogP contribution in [0.25, 0.3) is 0 Å². The lowest BCUT2D eigenvalue weighted by atomic mass is 10.2. The third kappa shape index (κ3) is 6.04. The molecule has 0 heterocycles. The molecule has 0 aliphatic heterocycles. The Morgan fingerprint density at radius 3 is 2.23 bits per heavy atom. The first-order valence-corrected chi connectivity index (χ1v) is 7.63. The average Bonchev–Trinajstić information content (AvgIpc) is 2.61. The minimum Gasteiger partial charge on any atom is -0.326 e. The molecule has 26 heavy (non-hydrogen) atoms. The van der Waals surface area contributed by atoms with Crippen LogP contribution in [0, 0.1) is 10.1 Å². The predicted molar refractivity (Wildman–Crippen MR) is 98.0 cm³/mol. The van der Waals surface area contributed by atoms with Crippen LogP contribution in [0.1, 0.15) is 13.3 Å². The van der Waals surface area contributed by atoms with Gasteiger partial charge < -0.3 is 10.6 Å². The van der Waals surface area contributed by atoms with Crippen molar-refractivity contribution in [1.82, 2.24) is 5.43 Å². The van der Waals surface area contributed by atoms with Gasteiger partial charge in [0.05, 0.1) is 11.3 Å². The van der Waals surface area contributed by atoms with Crippen molar-refractivity contribution in [2.24, 2.45) is 5.10 Å². The number of carbonyl (C=O) groups is 2. The topological polar surface area (TPSA) is 126 Å². The number of nitrogens with zero attached hydrogens (tertiary/aromatic N) is 2. The number of nitro benzene ring substituents is 1. The number of hydrogen-bond acceptors (Lipinski definition) is 5. The molecule has 2 aromatic carbocycles. The van der Waals surface area contributed by atoms with Crippen LogP contribution in [0.15, 0.2) is 59.7 Å². The third-order valence-corrected chi connectivity index (χ3v) is 3.16. The highest BCUT2D eigenvalue weighted by Gasteiger charge is 2.08. The fourth-order valence-electron chi connectivity index (χ4n) is 1.97. The van der Waals surface area contributed by atoms with E-state index in [4.69, 9.17) is 0 Å². The number of hydrazone groups is 1. The van der Waals surface area contributed by atoms with E-state index in [9.17, 15) is 19.7 Å². The Kier molecular flexibility index (Phi) is 6.38. The first-order valence-electron chi connectivity index (χ1n) is 7.63. The Bertz CT molecular complexity index is 819. The Labute approximate surface area is 149 Å². The smallest absolute Gasteiger partial charge is 0.326 e. The van der Waals surface area contributed by atoms with Crippen LogP contribution in [-0.4, -0.2) is 22.6 Å². The van der Waals surface area contributed by atoms with E-state index in [1.165, 1.54) is 24.3 Å². The zero-order valence-electron chi connectivity index (χ0n) is 13.9. The molecule has 2 rings (SSSR count). The quantitative estimate of drug-likeness (QED) is 0.418. The van der Waals surface area contributed by atoms with Crippen LogP contribution in [0.5, 0.6) is 0 Å². The summed E-state index contributed by atoms with van der Waals surface area (Å²) in [4.78, 5) is 33.7. The van der Waals surface area contributed by atoms with E-state index in [2.05, 4.69) is 21.2 Å². The normalized spacial score (nSPS) is 10.7. The Morgan fingerprint density at radius 1 is 1.00 bits per heavy atom. The highest BCUT2D eigenvalue weighted by molar-refractivity contribution is 6.05. The van der Waals surface area contributed by atoms with Crippen molar-refractivity contribution < 1.29 is 14.5 Å². The van der Waals surface area contributed by atoms with Crippen LogP contribution in [0.3, 0.4) is 0 Å². The van der Waals surface area contributed by atoms with E-state index in [0.29, 0.717) is 17.1 Å². The molecular formula is C17H17N5O4. The van der Waals surface area contributed by atoms with Crippen LogP contribution in [0.4, 0.5) is 21.9 Å². The summed E-state index contributed by atoms with van der Waals surface area (Å²) >= 11 is 0. The second-order valence-electron chi connectivity index (χ2n) is 5.31. The molecule has 9 heteroatoms. The lowest BCUT2D eigenvalue weighted by molar-refractivity contribution is -0.384. The molecule has 3 amide bonds. The zero-order valence-corrected chi connectivity index (χ0v) is 13.9. The summed E-state index contributed by atoms with van der Waals surface area (Å²) in [7, 11) is 0. The molecule has 0 saturated carbocycles. The van der Waals surface area contributed by atoms with E-state index in [1.807, 2.05) is 6.07 Å². The number of rotatable bonds is 6. The zero-order chi connectivity index (χ0) is 18.9.